The highest BCUT2D eigenvalue weighted by molar-refractivity contribution is 5.81. The predicted octanol–water partition coefficient (Wildman–Crippen LogP) is 3.90. The Kier molecular flexibility index (Phi) is 6.24. The summed E-state index contributed by atoms with van der Waals surface area (Å²) < 4.78 is 10.8. The van der Waals surface area contributed by atoms with E-state index in [1.165, 1.54) is 5.56 Å². The lowest BCUT2D eigenvalue weighted by Crippen LogP contribution is -2.37. The highest BCUT2D eigenvalue weighted by Gasteiger charge is 2.17. The monoisotopic (exact) mass is 327 g/mol. The summed E-state index contributed by atoms with van der Waals surface area (Å²) in [4.78, 5) is 12.3. The van der Waals surface area contributed by atoms with Crippen LogP contribution < -0.4 is 14.8 Å². The Hall–Kier alpha value is -2.49. The van der Waals surface area contributed by atoms with E-state index in [1.807, 2.05) is 6.92 Å². The van der Waals surface area contributed by atoms with Crippen molar-refractivity contribution in [2.75, 3.05) is 7.11 Å². The summed E-state index contributed by atoms with van der Waals surface area (Å²) >= 11 is 0. The first kappa shape index (κ1) is 17.9. The first-order chi connectivity index (χ1) is 11.5. The molecule has 128 valence electrons. The number of carbonyl (C=O) groups is 1. The van der Waals surface area contributed by atoms with Crippen LogP contribution in [-0.2, 0) is 11.2 Å². The molecule has 0 fully saturated rings. The molecule has 2 atom stereocenters. The largest absolute Gasteiger partial charge is 0.497 e. The Balaban J connectivity index is 1.91. The molecule has 2 aromatic rings. The van der Waals surface area contributed by atoms with Gasteiger partial charge in [0.05, 0.1) is 13.2 Å². The molecule has 0 aromatic heterocycles. The van der Waals surface area contributed by atoms with Gasteiger partial charge in [-0.25, -0.2) is 0 Å². The second kappa shape index (κ2) is 8.39. The lowest BCUT2D eigenvalue weighted by Gasteiger charge is -2.19. The molecule has 1 N–H and O–H groups in total. The highest BCUT2D eigenvalue weighted by atomic mass is 16.5. The molecule has 0 unspecified atom stereocenters. The molecule has 1 amide bonds. The van der Waals surface area contributed by atoms with E-state index >= 15 is 0 Å². The normalized spacial score (nSPS) is 13.0. The lowest BCUT2D eigenvalue weighted by molar-refractivity contribution is -0.127. The van der Waals surface area contributed by atoms with E-state index < -0.39 is 6.10 Å². The molecule has 24 heavy (non-hydrogen) atoms. The highest BCUT2D eigenvalue weighted by Crippen LogP contribution is 2.19. The molecule has 0 radical (unpaired) electrons. The van der Waals surface area contributed by atoms with Crippen LogP contribution in [0.15, 0.2) is 48.5 Å². The number of benzene rings is 2. The predicted molar refractivity (Wildman–Crippen MR) is 95.5 cm³/mol. The van der Waals surface area contributed by atoms with Crippen LogP contribution in [0.1, 0.15) is 37.9 Å². The summed E-state index contributed by atoms with van der Waals surface area (Å²) in [6.45, 7) is 5.84. The molecule has 0 aliphatic carbocycles. The maximum atomic E-state index is 12.3. The molecule has 0 saturated heterocycles. The minimum absolute atomic E-state index is 0.0645. The summed E-state index contributed by atoms with van der Waals surface area (Å²) in [5, 5.41) is 2.99. The van der Waals surface area contributed by atoms with Crippen molar-refractivity contribution in [3.8, 4) is 11.5 Å². The molecule has 2 rings (SSSR count). The summed E-state index contributed by atoms with van der Waals surface area (Å²) in [5.41, 5.74) is 2.37. The van der Waals surface area contributed by atoms with E-state index in [9.17, 15) is 4.79 Å². The molecular formula is C20H25NO3. The standard InChI is InChI=1S/C20H25NO3/c1-5-16-6-8-17(9-7-16)14(2)21-20(22)15(3)24-19-12-10-18(23-4)11-13-19/h6-15H,5H2,1-4H3,(H,21,22)/t14-,15+/m0/s1. The molecule has 0 saturated carbocycles. The van der Waals surface area contributed by atoms with Gasteiger partial charge in [0.1, 0.15) is 11.5 Å². The minimum atomic E-state index is -0.573. The summed E-state index contributed by atoms with van der Waals surface area (Å²) in [6, 6.07) is 15.4. The number of hydrogen-bond donors (Lipinski definition) is 1. The maximum absolute atomic E-state index is 12.3. The van der Waals surface area contributed by atoms with Crippen LogP contribution in [0.2, 0.25) is 0 Å². The lowest BCUT2D eigenvalue weighted by atomic mass is 10.0. The van der Waals surface area contributed by atoms with Crippen LogP contribution in [0, 0.1) is 0 Å². The average molecular weight is 327 g/mol. The summed E-state index contributed by atoms with van der Waals surface area (Å²) in [6.07, 6.45) is 0.434. The van der Waals surface area contributed by atoms with Gasteiger partial charge in [-0.2, -0.15) is 0 Å². The number of hydrogen-bond acceptors (Lipinski definition) is 3. The van der Waals surface area contributed by atoms with Crippen molar-refractivity contribution in [2.24, 2.45) is 0 Å². The number of rotatable bonds is 7. The quantitative estimate of drug-likeness (QED) is 0.839. The fourth-order valence-corrected chi connectivity index (χ4v) is 2.37. The van der Waals surface area contributed by atoms with Gasteiger partial charge in [0.2, 0.25) is 0 Å². The zero-order valence-electron chi connectivity index (χ0n) is 14.7. The van der Waals surface area contributed by atoms with Gasteiger partial charge >= 0.3 is 0 Å². The van der Waals surface area contributed by atoms with Crippen LogP contribution in [0.25, 0.3) is 0 Å². The van der Waals surface area contributed by atoms with Gasteiger partial charge in [-0.15, -0.1) is 0 Å². The summed E-state index contributed by atoms with van der Waals surface area (Å²) in [7, 11) is 1.61. The zero-order valence-corrected chi connectivity index (χ0v) is 14.7. The molecule has 0 heterocycles. The number of amides is 1. The molecule has 4 heteroatoms. The molecule has 0 bridgehead atoms. The van der Waals surface area contributed by atoms with Gasteiger partial charge in [0.25, 0.3) is 5.91 Å². The van der Waals surface area contributed by atoms with E-state index in [0.717, 1.165) is 17.7 Å². The van der Waals surface area contributed by atoms with Crippen LogP contribution in [0.3, 0.4) is 0 Å². The first-order valence-electron chi connectivity index (χ1n) is 8.23. The smallest absolute Gasteiger partial charge is 0.261 e. The van der Waals surface area contributed by atoms with E-state index in [2.05, 4.69) is 36.5 Å². The molecule has 4 nitrogen and oxygen atoms in total. The van der Waals surface area contributed by atoms with Gasteiger partial charge < -0.3 is 14.8 Å². The second-order valence-electron chi connectivity index (χ2n) is 5.76. The van der Waals surface area contributed by atoms with E-state index in [1.54, 1.807) is 38.3 Å². The van der Waals surface area contributed by atoms with Crippen molar-refractivity contribution in [3.05, 3.63) is 59.7 Å². The van der Waals surface area contributed by atoms with Crippen LogP contribution in [-0.4, -0.2) is 19.1 Å². The maximum Gasteiger partial charge on any atom is 0.261 e. The van der Waals surface area contributed by atoms with Crippen LogP contribution >= 0.6 is 0 Å². The number of methoxy groups -OCH3 is 1. The Morgan fingerprint density at radius 2 is 1.58 bits per heavy atom. The summed E-state index contributed by atoms with van der Waals surface area (Å²) in [5.74, 6) is 1.25. The van der Waals surface area contributed by atoms with E-state index in [0.29, 0.717) is 5.75 Å². The van der Waals surface area contributed by atoms with E-state index in [-0.39, 0.29) is 11.9 Å². The van der Waals surface area contributed by atoms with Crippen molar-refractivity contribution in [1.29, 1.82) is 0 Å². The van der Waals surface area contributed by atoms with Gasteiger partial charge in [-0.3, -0.25) is 4.79 Å². The van der Waals surface area contributed by atoms with Crippen molar-refractivity contribution in [1.82, 2.24) is 5.32 Å². The Bertz CT molecular complexity index is 650. The zero-order chi connectivity index (χ0) is 17.5. The van der Waals surface area contributed by atoms with Gasteiger partial charge in [0.15, 0.2) is 6.10 Å². The van der Waals surface area contributed by atoms with E-state index in [4.69, 9.17) is 9.47 Å². The fraction of sp³-hybridized carbons (Fsp3) is 0.350. The molecule has 0 aliphatic rings. The minimum Gasteiger partial charge on any atom is -0.497 e. The SMILES string of the molecule is CCc1ccc([C@H](C)NC(=O)[C@@H](C)Oc2ccc(OC)cc2)cc1. The second-order valence-corrected chi connectivity index (χ2v) is 5.76. The number of carbonyl (C=O) groups excluding carboxylic acids is 1. The fourth-order valence-electron chi connectivity index (χ4n) is 2.37. The third-order valence-electron chi connectivity index (χ3n) is 3.99. The van der Waals surface area contributed by atoms with Crippen LogP contribution in [0.4, 0.5) is 0 Å². The number of aryl methyl sites for hydroxylation is 1. The van der Waals surface area contributed by atoms with Crippen LogP contribution in [0.5, 0.6) is 11.5 Å². The van der Waals surface area contributed by atoms with Crippen molar-refractivity contribution in [3.63, 3.8) is 0 Å². The van der Waals surface area contributed by atoms with Gasteiger partial charge in [0, 0.05) is 0 Å². The van der Waals surface area contributed by atoms with Gasteiger partial charge in [-0.05, 0) is 55.7 Å². The molecule has 2 aromatic carbocycles. The Labute approximate surface area is 143 Å². The first-order valence-corrected chi connectivity index (χ1v) is 8.23. The Morgan fingerprint density at radius 1 is 1.00 bits per heavy atom. The third-order valence-corrected chi connectivity index (χ3v) is 3.99. The molecular weight excluding hydrogens is 302 g/mol. The third kappa shape index (κ3) is 4.75. The number of ether oxygens (including phenoxy) is 2. The molecule has 0 spiro atoms. The Morgan fingerprint density at radius 3 is 2.12 bits per heavy atom. The average Bonchev–Trinajstić information content (AvgIpc) is 2.62. The van der Waals surface area contributed by atoms with Gasteiger partial charge in [-0.1, -0.05) is 31.2 Å². The topological polar surface area (TPSA) is 47.6 Å². The molecule has 0 aliphatic heterocycles. The van der Waals surface area contributed by atoms with Crippen molar-refractivity contribution >= 4 is 5.91 Å². The number of nitrogens with one attached hydrogen (secondary N) is 1. The van der Waals surface area contributed by atoms with Crippen molar-refractivity contribution < 1.29 is 14.3 Å². The van der Waals surface area contributed by atoms with Crippen molar-refractivity contribution in [2.45, 2.75) is 39.3 Å².